The number of nitrogens with two attached hydrogens (primary N) is 1. The van der Waals surface area contributed by atoms with Crippen molar-refractivity contribution in [1.82, 2.24) is 4.98 Å². The summed E-state index contributed by atoms with van der Waals surface area (Å²) in [5.41, 5.74) is 7.02. The highest BCUT2D eigenvalue weighted by molar-refractivity contribution is 7.92. The van der Waals surface area contributed by atoms with E-state index in [2.05, 4.69) is 4.98 Å². The lowest BCUT2D eigenvalue weighted by Crippen LogP contribution is -2.30. The smallest absolute Gasteiger partial charge is 0.264 e. The standard InChI is InChI=1S/C14H17N3O2S/c1-2-17(13-7-9-16-10-8-13)20(18,19)14-5-3-12(11-15)4-6-14/h3-10H,2,11,15H2,1H3. The Hall–Kier alpha value is -1.92. The summed E-state index contributed by atoms with van der Waals surface area (Å²) in [5, 5.41) is 0. The number of rotatable bonds is 5. The molecule has 1 aromatic carbocycles. The largest absolute Gasteiger partial charge is 0.326 e. The molecule has 6 heteroatoms. The third kappa shape index (κ3) is 2.81. The van der Waals surface area contributed by atoms with Crippen LogP contribution in [0.2, 0.25) is 0 Å². The van der Waals surface area contributed by atoms with Gasteiger partial charge in [-0.1, -0.05) is 12.1 Å². The second kappa shape index (κ2) is 6.02. The molecule has 20 heavy (non-hydrogen) atoms. The van der Waals surface area contributed by atoms with Crippen LogP contribution in [0, 0.1) is 0 Å². The molecule has 1 heterocycles. The molecule has 0 amide bonds. The number of hydrogen-bond acceptors (Lipinski definition) is 4. The van der Waals surface area contributed by atoms with Gasteiger partial charge in [-0.2, -0.15) is 0 Å². The molecule has 0 spiro atoms. The Bertz CT molecular complexity index is 655. The maximum absolute atomic E-state index is 12.6. The van der Waals surface area contributed by atoms with Crippen LogP contribution >= 0.6 is 0 Å². The minimum atomic E-state index is -3.56. The quantitative estimate of drug-likeness (QED) is 0.910. The number of benzene rings is 1. The number of sulfonamides is 1. The van der Waals surface area contributed by atoms with Crippen molar-refractivity contribution in [3.8, 4) is 0 Å². The highest BCUT2D eigenvalue weighted by Crippen LogP contribution is 2.22. The first kappa shape index (κ1) is 14.5. The summed E-state index contributed by atoms with van der Waals surface area (Å²) in [6.07, 6.45) is 3.15. The van der Waals surface area contributed by atoms with Gasteiger partial charge in [0, 0.05) is 25.5 Å². The Balaban J connectivity index is 2.41. The van der Waals surface area contributed by atoms with Gasteiger partial charge in [0.1, 0.15) is 0 Å². The van der Waals surface area contributed by atoms with E-state index in [1.165, 1.54) is 4.31 Å². The van der Waals surface area contributed by atoms with E-state index in [0.717, 1.165) is 5.56 Å². The van der Waals surface area contributed by atoms with E-state index < -0.39 is 10.0 Å². The second-order valence-corrected chi connectivity index (χ2v) is 6.09. The van der Waals surface area contributed by atoms with Gasteiger partial charge < -0.3 is 5.73 Å². The average Bonchev–Trinajstić information content (AvgIpc) is 2.49. The molecule has 0 fully saturated rings. The molecule has 0 aliphatic rings. The lowest BCUT2D eigenvalue weighted by molar-refractivity contribution is 0.592. The zero-order chi connectivity index (χ0) is 14.6. The van der Waals surface area contributed by atoms with Crippen molar-refractivity contribution in [2.45, 2.75) is 18.4 Å². The van der Waals surface area contributed by atoms with E-state index in [9.17, 15) is 8.42 Å². The fourth-order valence-corrected chi connectivity index (χ4v) is 3.40. The predicted octanol–water partition coefficient (Wildman–Crippen LogP) is 1.76. The fourth-order valence-electron chi connectivity index (χ4n) is 1.93. The zero-order valence-electron chi connectivity index (χ0n) is 11.2. The third-order valence-electron chi connectivity index (χ3n) is 2.98. The number of aromatic nitrogens is 1. The van der Waals surface area contributed by atoms with E-state index >= 15 is 0 Å². The predicted molar refractivity (Wildman–Crippen MR) is 78.8 cm³/mol. The molecule has 106 valence electrons. The lowest BCUT2D eigenvalue weighted by Gasteiger charge is -2.22. The molecule has 5 nitrogen and oxygen atoms in total. The molecule has 1 aromatic heterocycles. The van der Waals surface area contributed by atoms with Crippen LogP contribution in [0.15, 0.2) is 53.7 Å². The highest BCUT2D eigenvalue weighted by Gasteiger charge is 2.23. The molecule has 0 radical (unpaired) electrons. The fraction of sp³-hybridized carbons (Fsp3) is 0.214. The molecule has 0 aliphatic carbocycles. The van der Waals surface area contributed by atoms with Crippen LogP contribution < -0.4 is 10.0 Å². The normalized spacial score (nSPS) is 11.3. The van der Waals surface area contributed by atoms with Crippen LogP contribution in [0.3, 0.4) is 0 Å². The van der Waals surface area contributed by atoms with Gasteiger partial charge in [0.25, 0.3) is 10.0 Å². The molecule has 2 aromatic rings. The summed E-state index contributed by atoms with van der Waals surface area (Å²) in [6, 6.07) is 9.98. The molecule has 2 rings (SSSR count). The van der Waals surface area contributed by atoms with Gasteiger partial charge in [-0.25, -0.2) is 8.42 Å². The maximum Gasteiger partial charge on any atom is 0.264 e. The molecular weight excluding hydrogens is 274 g/mol. The van der Waals surface area contributed by atoms with Gasteiger partial charge in [-0.3, -0.25) is 9.29 Å². The number of hydrogen-bond donors (Lipinski definition) is 1. The lowest BCUT2D eigenvalue weighted by atomic mass is 10.2. The Morgan fingerprint density at radius 3 is 2.20 bits per heavy atom. The van der Waals surface area contributed by atoms with Gasteiger partial charge in [0.15, 0.2) is 0 Å². The number of nitrogens with zero attached hydrogens (tertiary/aromatic N) is 2. The van der Waals surface area contributed by atoms with Crippen molar-refractivity contribution >= 4 is 15.7 Å². The van der Waals surface area contributed by atoms with E-state index in [1.807, 2.05) is 0 Å². The van der Waals surface area contributed by atoms with Gasteiger partial charge in [-0.05, 0) is 36.8 Å². The van der Waals surface area contributed by atoms with Crippen LogP contribution in [0.4, 0.5) is 5.69 Å². The van der Waals surface area contributed by atoms with Crippen molar-refractivity contribution in [3.05, 3.63) is 54.4 Å². The topological polar surface area (TPSA) is 76.3 Å². The van der Waals surface area contributed by atoms with E-state index in [-0.39, 0.29) is 4.90 Å². The minimum absolute atomic E-state index is 0.258. The number of pyridine rings is 1. The van der Waals surface area contributed by atoms with Crippen LogP contribution in [-0.4, -0.2) is 19.9 Å². The summed E-state index contributed by atoms with van der Waals surface area (Å²) in [5.74, 6) is 0. The summed E-state index contributed by atoms with van der Waals surface area (Å²) in [4.78, 5) is 4.16. The molecule has 0 bridgehead atoms. The summed E-state index contributed by atoms with van der Waals surface area (Å²) in [6.45, 7) is 2.54. The van der Waals surface area contributed by atoms with E-state index in [1.54, 1.807) is 55.7 Å². The van der Waals surface area contributed by atoms with Gasteiger partial charge in [-0.15, -0.1) is 0 Å². The Kier molecular flexibility index (Phi) is 4.36. The van der Waals surface area contributed by atoms with E-state index in [0.29, 0.717) is 18.8 Å². The minimum Gasteiger partial charge on any atom is -0.326 e. The van der Waals surface area contributed by atoms with Crippen molar-refractivity contribution in [1.29, 1.82) is 0 Å². The molecule has 0 unspecified atom stereocenters. The zero-order valence-corrected chi connectivity index (χ0v) is 12.0. The molecule has 2 N–H and O–H groups in total. The summed E-state index contributed by atoms with van der Waals surface area (Å²) in [7, 11) is -3.56. The van der Waals surface area contributed by atoms with Crippen LogP contribution in [0.1, 0.15) is 12.5 Å². The van der Waals surface area contributed by atoms with Gasteiger partial charge in [0.2, 0.25) is 0 Å². The highest BCUT2D eigenvalue weighted by atomic mass is 32.2. The van der Waals surface area contributed by atoms with Crippen molar-refractivity contribution in [2.24, 2.45) is 5.73 Å². The monoisotopic (exact) mass is 291 g/mol. The Labute approximate surface area is 119 Å². The van der Waals surface area contributed by atoms with Gasteiger partial charge >= 0.3 is 0 Å². The summed E-state index contributed by atoms with van der Waals surface area (Å²) < 4.78 is 26.6. The van der Waals surface area contributed by atoms with Crippen LogP contribution in [0.5, 0.6) is 0 Å². The Morgan fingerprint density at radius 1 is 1.10 bits per heavy atom. The first-order chi connectivity index (χ1) is 9.59. The number of anilines is 1. The molecule has 0 atom stereocenters. The molecule has 0 aliphatic heterocycles. The molecular formula is C14H17N3O2S. The van der Waals surface area contributed by atoms with Crippen LogP contribution in [0.25, 0.3) is 0 Å². The first-order valence-corrected chi connectivity index (χ1v) is 7.75. The van der Waals surface area contributed by atoms with Crippen LogP contribution in [-0.2, 0) is 16.6 Å². The van der Waals surface area contributed by atoms with Crippen molar-refractivity contribution in [3.63, 3.8) is 0 Å². The molecule has 0 saturated heterocycles. The SMILES string of the molecule is CCN(c1ccncc1)S(=O)(=O)c1ccc(CN)cc1. The second-order valence-electron chi connectivity index (χ2n) is 4.22. The summed E-state index contributed by atoms with van der Waals surface area (Å²) >= 11 is 0. The Morgan fingerprint density at radius 2 is 1.70 bits per heavy atom. The van der Waals surface area contributed by atoms with Crippen molar-refractivity contribution < 1.29 is 8.42 Å². The molecule has 0 saturated carbocycles. The maximum atomic E-state index is 12.6. The van der Waals surface area contributed by atoms with Crippen molar-refractivity contribution in [2.75, 3.05) is 10.8 Å². The third-order valence-corrected chi connectivity index (χ3v) is 4.90. The van der Waals surface area contributed by atoms with Gasteiger partial charge in [0.05, 0.1) is 10.6 Å². The first-order valence-electron chi connectivity index (χ1n) is 6.31. The van der Waals surface area contributed by atoms with E-state index in [4.69, 9.17) is 5.73 Å². The average molecular weight is 291 g/mol.